The van der Waals surface area contributed by atoms with Crippen molar-refractivity contribution < 1.29 is 18.7 Å². The summed E-state index contributed by atoms with van der Waals surface area (Å²) in [6, 6.07) is 10.2. The highest BCUT2D eigenvalue weighted by Gasteiger charge is 2.24. The first kappa shape index (κ1) is 18.9. The van der Waals surface area contributed by atoms with Crippen molar-refractivity contribution in [2.75, 3.05) is 6.16 Å². The molecule has 4 aromatic rings. The third-order valence-corrected chi connectivity index (χ3v) is 5.76. The predicted octanol–water partition coefficient (Wildman–Crippen LogP) is 4.49. The molecule has 3 N–H and O–H groups in total. The summed E-state index contributed by atoms with van der Waals surface area (Å²) < 4.78 is 27.1. The van der Waals surface area contributed by atoms with Crippen LogP contribution in [0, 0.1) is 5.82 Å². The standard InChI is InChI=1S/C20H21FN3O3P/c1-12(2)20-16(7-8-28(25,26)27)17-10-18-13(11-22-23-18)9-19(17)24(20)15-5-3-14(21)4-6-15/h3-6,9-12H,7-8H2,1-2H3,(H,22,23)(H2,25,26,27). The molecule has 146 valence electrons. The molecule has 0 aliphatic carbocycles. The van der Waals surface area contributed by atoms with Crippen LogP contribution in [0.5, 0.6) is 0 Å². The van der Waals surface area contributed by atoms with Crippen LogP contribution in [-0.2, 0) is 11.0 Å². The van der Waals surface area contributed by atoms with Crippen LogP contribution in [0.15, 0.2) is 42.6 Å². The summed E-state index contributed by atoms with van der Waals surface area (Å²) in [4.78, 5) is 18.8. The van der Waals surface area contributed by atoms with Crippen LogP contribution < -0.4 is 0 Å². The van der Waals surface area contributed by atoms with Gasteiger partial charge in [0.1, 0.15) is 5.82 Å². The van der Waals surface area contributed by atoms with Crippen molar-refractivity contribution in [3.63, 3.8) is 0 Å². The first-order valence-electron chi connectivity index (χ1n) is 9.05. The van der Waals surface area contributed by atoms with E-state index in [0.29, 0.717) is 0 Å². The maximum atomic E-state index is 13.5. The normalized spacial score (nSPS) is 12.5. The van der Waals surface area contributed by atoms with Crippen molar-refractivity contribution >= 4 is 29.4 Å². The van der Waals surface area contributed by atoms with Gasteiger partial charge in [-0.05, 0) is 54.3 Å². The molecular formula is C20H21FN3O3P. The zero-order chi connectivity index (χ0) is 20.1. The Morgan fingerprint density at radius 1 is 1.21 bits per heavy atom. The Bertz CT molecular complexity index is 1210. The number of aromatic amines is 1. The lowest BCUT2D eigenvalue weighted by molar-refractivity contribution is 0.373. The maximum Gasteiger partial charge on any atom is 0.325 e. The number of hydrogen-bond donors (Lipinski definition) is 3. The lowest BCUT2D eigenvalue weighted by atomic mass is 10.0. The van der Waals surface area contributed by atoms with E-state index in [4.69, 9.17) is 0 Å². The second-order valence-electron chi connectivity index (χ2n) is 7.30. The van der Waals surface area contributed by atoms with E-state index in [1.165, 1.54) is 12.1 Å². The van der Waals surface area contributed by atoms with Gasteiger partial charge in [-0.25, -0.2) is 4.39 Å². The fourth-order valence-electron chi connectivity index (χ4n) is 3.80. The number of aromatic nitrogens is 3. The van der Waals surface area contributed by atoms with Gasteiger partial charge in [0.05, 0.1) is 23.4 Å². The number of nitrogens with one attached hydrogen (secondary N) is 1. The molecule has 2 heterocycles. The van der Waals surface area contributed by atoms with E-state index < -0.39 is 7.60 Å². The third-order valence-electron chi connectivity index (χ3n) is 4.96. The summed E-state index contributed by atoms with van der Waals surface area (Å²) in [7, 11) is -4.14. The van der Waals surface area contributed by atoms with Gasteiger partial charge in [-0.2, -0.15) is 5.10 Å². The van der Waals surface area contributed by atoms with Crippen LogP contribution in [0.3, 0.4) is 0 Å². The van der Waals surface area contributed by atoms with E-state index in [9.17, 15) is 18.7 Å². The molecule has 0 radical (unpaired) electrons. The highest BCUT2D eigenvalue weighted by Crippen LogP contribution is 2.40. The van der Waals surface area contributed by atoms with E-state index in [-0.39, 0.29) is 24.3 Å². The predicted molar refractivity (Wildman–Crippen MR) is 108 cm³/mol. The molecule has 6 nitrogen and oxygen atoms in total. The van der Waals surface area contributed by atoms with E-state index in [0.717, 1.165) is 38.8 Å². The van der Waals surface area contributed by atoms with Crippen LogP contribution in [0.1, 0.15) is 31.0 Å². The topological polar surface area (TPSA) is 91.1 Å². The first-order chi connectivity index (χ1) is 13.2. The van der Waals surface area contributed by atoms with Crippen LogP contribution >= 0.6 is 7.60 Å². The van der Waals surface area contributed by atoms with Crippen LogP contribution in [-0.4, -0.2) is 30.7 Å². The van der Waals surface area contributed by atoms with Gasteiger partial charge in [-0.15, -0.1) is 0 Å². The maximum absolute atomic E-state index is 13.5. The second kappa shape index (κ2) is 6.85. The molecule has 0 aliphatic heterocycles. The van der Waals surface area contributed by atoms with Crippen molar-refractivity contribution in [2.24, 2.45) is 0 Å². The SMILES string of the molecule is CC(C)c1c(CCP(=O)(O)O)c2cc3[nH]ncc3cc2n1-c1ccc(F)cc1. The third kappa shape index (κ3) is 3.37. The minimum Gasteiger partial charge on any atom is -0.324 e. The Morgan fingerprint density at radius 2 is 1.93 bits per heavy atom. The quantitative estimate of drug-likeness (QED) is 0.430. The summed E-state index contributed by atoms with van der Waals surface area (Å²) in [5.41, 5.74) is 4.44. The molecular weight excluding hydrogens is 380 g/mol. The molecule has 0 amide bonds. The molecule has 0 aliphatic rings. The van der Waals surface area contributed by atoms with Gasteiger partial charge in [-0.1, -0.05) is 13.8 Å². The van der Waals surface area contributed by atoms with E-state index >= 15 is 0 Å². The van der Waals surface area contributed by atoms with Gasteiger partial charge in [0.25, 0.3) is 0 Å². The molecule has 0 spiro atoms. The number of hydrogen-bond acceptors (Lipinski definition) is 2. The molecule has 4 rings (SSSR count). The van der Waals surface area contributed by atoms with Crippen LogP contribution in [0.2, 0.25) is 0 Å². The summed E-state index contributed by atoms with van der Waals surface area (Å²) in [5, 5.41) is 8.89. The van der Waals surface area contributed by atoms with Crippen LogP contribution in [0.25, 0.3) is 27.5 Å². The number of halogens is 1. The Labute approximate surface area is 161 Å². The van der Waals surface area contributed by atoms with E-state index in [1.54, 1.807) is 18.3 Å². The number of H-pyrrole nitrogens is 1. The van der Waals surface area contributed by atoms with E-state index in [1.807, 2.05) is 26.0 Å². The van der Waals surface area contributed by atoms with Crippen molar-refractivity contribution in [3.8, 4) is 5.69 Å². The molecule has 0 atom stereocenters. The minimum atomic E-state index is -4.14. The number of rotatable bonds is 5. The molecule has 2 aromatic heterocycles. The zero-order valence-corrected chi connectivity index (χ0v) is 16.4. The van der Waals surface area contributed by atoms with Gasteiger partial charge >= 0.3 is 7.60 Å². The Kier molecular flexibility index (Phi) is 4.62. The molecule has 28 heavy (non-hydrogen) atoms. The molecule has 0 unspecified atom stereocenters. The molecule has 0 fully saturated rings. The highest BCUT2D eigenvalue weighted by atomic mass is 31.2. The van der Waals surface area contributed by atoms with Gasteiger partial charge in [0, 0.05) is 22.2 Å². The molecule has 8 heteroatoms. The van der Waals surface area contributed by atoms with Crippen molar-refractivity contribution in [3.05, 3.63) is 59.7 Å². The van der Waals surface area contributed by atoms with E-state index in [2.05, 4.69) is 14.8 Å². The number of nitrogens with zero attached hydrogens (tertiary/aromatic N) is 2. The van der Waals surface area contributed by atoms with Crippen molar-refractivity contribution in [1.29, 1.82) is 0 Å². The second-order valence-corrected chi connectivity index (χ2v) is 9.07. The number of fused-ring (bicyclic) bond motifs is 2. The lowest BCUT2D eigenvalue weighted by Gasteiger charge is -2.16. The minimum absolute atomic E-state index is 0.0979. The Hall–Kier alpha value is -2.47. The van der Waals surface area contributed by atoms with Crippen molar-refractivity contribution in [1.82, 2.24) is 14.8 Å². The average molecular weight is 401 g/mol. The monoisotopic (exact) mass is 401 g/mol. The fourth-order valence-corrected chi connectivity index (χ4v) is 4.32. The first-order valence-corrected chi connectivity index (χ1v) is 10.8. The number of benzene rings is 2. The van der Waals surface area contributed by atoms with Gasteiger partial charge < -0.3 is 14.4 Å². The largest absolute Gasteiger partial charge is 0.325 e. The molecule has 0 bridgehead atoms. The lowest BCUT2D eigenvalue weighted by Crippen LogP contribution is -2.05. The highest BCUT2D eigenvalue weighted by molar-refractivity contribution is 7.51. The molecule has 2 aromatic carbocycles. The number of aryl methyl sites for hydroxylation is 1. The average Bonchev–Trinajstić information content (AvgIpc) is 3.19. The molecule has 0 saturated heterocycles. The van der Waals surface area contributed by atoms with Crippen LogP contribution in [0.4, 0.5) is 4.39 Å². The van der Waals surface area contributed by atoms with Gasteiger partial charge in [-0.3, -0.25) is 9.66 Å². The summed E-state index contributed by atoms with van der Waals surface area (Å²) >= 11 is 0. The van der Waals surface area contributed by atoms with Crippen molar-refractivity contribution in [2.45, 2.75) is 26.2 Å². The summed E-state index contributed by atoms with van der Waals surface area (Å²) in [6.07, 6.45) is 1.76. The van der Waals surface area contributed by atoms with Gasteiger partial charge in [0.2, 0.25) is 0 Å². The van der Waals surface area contributed by atoms with Gasteiger partial charge in [0.15, 0.2) is 0 Å². The fraction of sp³-hybridized carbons (Fsp3) is 0.250. The Morgan fingerprint density at radius 3 is 2.57 bits per heavy atom. The smallest absolute Gasteiger partial charge is 0.324 e. The summed E-state index contributed by atoms with van der Waals surface area (Å²) in [5.74, 6) is -0.217. The summed E-state index contributed by atoms with van der Waals surface area (Å²) in [6.45, 7) is 4.09. The molecule has 0 saturated carbocycles. The zero-order valence-electron chi connectivity index (χ0n) is 15.6. The Balaban J connectivity index is 2.05.